The molecule has 0 bridgehead atoms. The van der Waals surface area contributed by atoms with Gasteiger partial charge in [-0.3, -0.25) is 4.98 Å². The molecule has 0 atom stereocenters. The first-order chi connectivity index (χ1) is 5.47. The molecule has 0 aromatic carbocycles. The Morgan fingerprint density at radius 1 is 1.33 bits per heavy atom. The van der Waals surface area contributed by atoms with E-state index in [0.717, 1.165) is 5.69 Å². The lowest BCUT2D eigenvalue weighted by atomic mass is 10.1. The fraction of sp³-hybridized carbons (Fsp3) is 0.444. The van der Waals surface area contributed by atoms with E-state index < -0.39 is 0 Å². The molecule has 0 fully saturated rings. The second-order valence-electron chi connectivity index (χ2n) is 3.81. The van der Waals surface area contributed by atoms with E-state index in [-0.39, 0.29) is 11.3 Å². The van der Waals surface area contributed by atoms with Crippen molar-refractivity contribution in [1.29, 1.82) is 0 Å². The third-order valence-electron chi connectivity index (χ3n) is 1.24. The normalized spacial score (nSPS) is 11.2. The van der Waals surface area contributed by atoms with Crippen molar-refractivity contribution in [3.05, 3.63) is 18.5 Å². The SMILES string of the molecule is CC(C)(C)Nc1cncc(O)c1. The molecule has 12 heavy (non-hydrogen) atoms. The number of hydrogen-bond donors (Lipinski definition) is 2. The lowest BCUT2D eigenvalue weighted by Crippen LogP contribution is -2.25. The highest BCUT2D eigenvalue weighted by Crippen LogP contribution is 2.17. The molecule has 1 heterocycles. The molecule has 66 valence electrons. The Kier molecular flexibility index (Phi) is 2.22. The fourth-order valence-electron chi connectivity index (χ4n) is 0.929. The number of aromatic nitrogens is 1. The third-order valence-corrected chi connectivity index (χ3v) is 1.24. The lowest BCUT2D eigenvalue weighted by Gasteiger charge is -2.21. The van der Waals surface area contributed by atoms with Crippen molar-refractivity contribution in [2.24, 2.45) is 0 Å². The molecule has 0 unspecified atom stereocenters. The number of anilines is 1. The molecule has 0 saturated carbocycles. The van der Waals surface area contributed by atoms with Crippen molar-refractivity contribution in [2.75, 3.05) is 5.32 Å². The molecule has 2 N–H and O–H groups in total. The highest BCUT2D eigenvalue weighted by molar-refractivity contribution is 5.46. The van der Waals surface area contributed by atoms with Gasteiger partial charge in [0.2, 0.25) is 0 Å². The van der Waals surface area contributed by atoms with E-state index >= 15 is 0 Å². The topological polar surface area (TPSA) is 45.2 Å². The molecule has 0 aliphatic rings. The Morgan fingerprint density at radius 3 is 2.50 bits per heavy atom. The van der Waals surface area contributed by atoms with Crippen LogP contribution in [0.25, 0.3) is 0 Å². The van der Waals surface area contributed by atoms with Gasteiger partial charge in [-0.05, 0) is 20.8 Å². The van der Waals surface area contributed by atoms with E-state index in [1.165, 1.54) is 6.20 Å². The number of aromatic hydroxyl groups is 1. The van der Waals surface area contributed by atoms with Gasteiger partial charge < -0.3 is 10.4 Å². The molecule has 1 aromatic rings. The highest BCUT2D eigenvalue weighted by atomic mass is 16.3. The first kappa shape index (κ1) is 8.84. The summed E-state index contributed by atoms with van der Waals surface area (Å²) < 4.78 is 0. The average Bonchev–Trinajstić information content (AvgIpc) is 1.82. The number of pyridine rings is 1. The summed E-state index contributed by atoms with van der Waals surface area (Å²) in [6.07, 6.45) is 3.10. The molecule has 0 radical (unpaired) electrons. The van der Waals surface area contributed by atoms with Gasteiger partial charge in [0.05, 0.1) is 18.1 Å². The summed E-state index contributed by atoms with van der Waals surface area (Å²) in [5.41, 5.74) is 0.831. The predicted octanol–water partition coefficient (Wildman–Crippen LogP) is 2.00. The maximum absolute atomic E-state index is 9.11. The Labute approximate surface area is 72.5 Å². The number of nitrogens with one attached hydrogen (secondary N) is 1. The minimum atomic E-state index is -0.00449. The second-order valence-corrected chi connectivity index (χ2v) is 3.81. The van der Waals surface area contributed by atoms with Crippen LogP contribution in [-0.2, 0) is 0 Å². The average molecular weight is 166 g/mol. The summed E-state index contributed by atoms with van der Waals surface area (Å²) in [6, 6.07) is 1.65. The zero-order valence-electron chi connectivity index (χ0n) is 7.63. The first-order valence-electron chi connectivity index (χ1n) is 3.89. The fourth-order valence-corrected chi connectivity index (χ4v) is 0.929. The Balaban J connectivity index is 2.77. The van der Waals surface area contributed by atoms with Crippen molar-refractivity contribution < 1.29 is 5.11 Å². The summed E-state index contributed by atoms with van der Waals surface area (Å²) in [5, 5.41) is 12.3. The van der Waals surface area contributed by atoms with Crippen molar-refractivity contribution in [1.82, 2.24) is 4.98 Å². The molecular weight excluding hydrogens is 152 g/mol. The van der Waals surface area contributed by atoms with Crippen LogP contribution in [-0.4, -0.2) is 15.6 Å². The van der Waals surface area contributed by atoms with Crippen LogP contribution in [0, 0.1) is 0 Å². The summed E-state index contributed by atoms with van der Waals surface area (Å²) in [5.74, 6) is 0.184. The van der Waals surface area contributed by atoms with Gasteiger partial charge in [-0.15, -0.1) is 0 Å². The molecule has 3 nitrogen and oxygen atoms in total. The van der Waals surface area contributed by atoms with E-state index in [2.05, 4.69) is 31.1 Å². The monoisotopic (exact) mass is 166 g/mol. The van der Waals surface area contributed by atoms with Crippen LogP contribution in [0.4, 0.5) is 5.69 Å². The minimum Gasteiger partial charge on any atom is -0.506 e. The maximum Gasteiger partial charge on any atom is 0.135 e. The minimum absolute atomic E-state index is 0.00449. The Hall–Kier alpha value is -1.25. The molecular formula is C9H14N2O. The van der Waals surface area contributed by atoms with Crippen LogP contribution < -0.4 is 5.32 Å². The summed E-state index contributed by atoms with van der Waals surface area (Å²) >= 11 is 0. The van der Waals surface area contributed by atoms with Crippen LogP contribution in [0.5, 0.6) is 5.75 Å². The van der Waals surface area contributed by atoms with Crippen LogP contribution in [0.2, 0.25) is 0 Å². The van der Waals surface area contributed by atoms with Crippen molar-refractivity contribution in [3.8, 4) is 5.75 Å². The number of hydrogen-bond acceptors (Lipinski definition) is 3. The quantitative estimate of drug-likeness (QED) is 0.670. The molecule has 0 aliphatic heterocycles. The van der Waals surface area contributed by atoms with Crippen LogP contribution >= 0.6 is 0 Å². The van der Waals surface area contributed by atoms with E-state index in [1.807, 2.05) is 0 Å². The van der Waals surface area contributed by atoms with Gasteiger partial charge in [-0.2, -0.15) is 0 Å². The lowest BCUT2D eigenvalue weighted by molar-refractivity contribution is 0.472. The van der Waals surface area contributed by atoms with E-state index in [0.29, 0.717) is 0 Å². The third kappa shape index (κ3) is 2.78. The maximum atomic E-state index is 9.11. The molecule has 0 aliphatic carbocycles. The molecule has 0 amide bonds. The van der Waals surface area contributed by atoms with E-state index in [9.17, 15) is 0 Å². The van der Waals surface area contributed by atoms with Gasteiger partial charge in [0.15, 0.2) is 0 Å². The zero-order valence-corrected chi connectivity index (χ0v) is 7.63. The molecule has 3 heteroatoms. The second kappa shape index (κ2) is 3.01. The standard InChI is InChI=1S/C9H14N2O/c1-9(2,3)11-7-4-8(12)6-10-5-7/h4-6,11-12H,1-3H3. The van der Waals surface area contributed by atoms with Gasteiger partial charge in [-0.1, -0.05) is 0 Å². The van der Waals surface area contributed by atoms with Gasteiger partial charge in [0.1, 0.15) is 5.75 Å². The highest BCUT2D eigenvalue weighted by Gasteiger charge is 2.08. The molecule has 1 rings (SSSR count). The van der Waals surface area contributed by atoms with Gasteiger partial charge in [-0.25, -0.2) is 0 Å². The van der Waals surface area contributed by atoms with Gasteiger partial charge in [0, 0.05) is 11.6 Å². The van der Waals surface area contributed by atoms with Crippen LogP contribution in [0.15, 0.2) is 18.5 Å². The van der Waals surface area contributed by atoms with Crippen molar-refractivity contribution in [2.45, 2.75) is 26.3 Å². The summed E-state index contributed by atoms with van der Waals surface area (Å²) in [7, 11) is 0. The van der Waals surface area contributed by atoms with Gasteiger partial charge in [0.25, 0.3) is 0 Å². The summed E-state index contributed by atoms with van der Waals surface area (Å²) in [4.78, 5) is 3.86. The van der Waals surface area contributed by atoms with E-state index in [4.69, 9.17) is 5.11 Å². The van der Waals surface area contributed by atoms with Crippen LogP contribution in [0.3, 0.4) is 0 Å². The Bertz CT molecular complexity index is 265. The van der Waals surface area contributed by atoms with Gasteiger partial charge >= 0.3 is 0 Å². The number of nitrogens with zero attached hydrogens (tertiary/aromatic N) is 1. The van der Waals surface area contributed by atoms with Crippen molar-refractivity contribution >= 4 is 5.69 Å². The summed E-state index contributed by atoms with van der Waals surface area (Å²) in [6.45, 7) is 6.16. The molecule has 0 spiro atoms. The number of rotatable bonds is 1. The smallest absolute Gasteiger partial charge is 0.135 e. The Morgan fingerprint density at radius 2 is 2.00 bits per heavy atom. The van der Waals surface area contributed by atoms with Crippen molar-refractivity contribution in [3.63, 3.8) is 0 Å². The van der Waals surface area contributed by atoms with E-state index in [1.54, 1.807) is 12.3 Å². The predicted molar refractivity (Wildman–Crippen MR) is 49.3 cm³/mol. The molecule has 1 aromatic heterocycles. The first-order valence-corrected chi connectivity index (χ1v) is 3.89. The molecule has 0 saturated heterocycles. The zero-order chi connectivity index (χ0) is 9.19. The largest absolute Gasteiger partial charge is 0.506 e. The van der Waals surface area contributed by atoms with Crippen LogP contribution in [0.1, 0.15) is 20.8 Å².